The Bertz CT molecular complexity index is 419. The van der Waals surface area contributed by atoms with Gasteiger partial charge < -0.3 is 10.3 Å². The highest BCUT2D eigenvalue weighted by Gasteiger charge is 2.07. The second-order valence-electron chi connectivity index (χ2n) is 3.13. The van der Waals surface area contributed by atoms with Crippen molar-refractivity contribution in [2.75, 3.05) is 0 Å². The SMILES string of the molecule is Cc1ccc(-c2nc(C[NH3+])no2)cc1. The van der Waals surface area contributed by atoms with Crippen molar-refractivity contribution in [1.82, 2.24) is 10.1 Å². The summed E-state index contributed by atoms with van der Waals surface area (Å²) in [5.74, 6) is 1.20. The minimum atomic E-state index is 0.551. The van der Waals surface area contributed by atoms with Crippen molar-refractivity contribution in [3.8, 4) is 11.5 Å². The monoisotopic (exact) mass is 190 g/mol. The first-order valence-corrected chi connectivity index (χ1v) is 4.48. The van der Waals surface area contributed by atoms with E-state index in [9.17, 15) is 0 Å². The van der Waals surface area contributed by atoms with Gasteiger partial charge in [0.05, 0.1) is 0 Å². The maximum absolute atomic E-state index is 5.08. The maximum Gasteiger partial charge on any atom is 0.258 e. The summed E-state index contributed by atoms with van der Waals surface area (Å²) in [5.41, 5.74) is 5.85. The number of rotatable bonds is 2. The summed E-state index contributed by atoms with van der Waals surface area (Å²) in [7, 11) is 0. The molecule has 0 unspecified atom stereocenters. The first kappa shape index (κ1) is 8.90. The Balaban J connectivity index is 2.34. The molecule has 0 bridgehead atoms. The summed E-state index contributed by atoms with van der Waals surface area (Å²) in [6, 6.07) is 7.97. The smallest absolute Gasteiger partial charge is 0.258 e. The zero-order valence-corrected chi connectivity index (χ0v) is 8.03. The molecule has 0 amide bonds. The Morgan fingerprint density at radius 2 is 2.00 bits per heavy atom. The number of benzene rings is 1. The van der Waals surface area contributed by atoms with E-state index in [-0.39, 0.29) is 0 Å². The molecule has 0 fully saturated rings. The zero-order chi connectivity index (χ0) is 9.97. The van der Waals surface area contributed by atoms with Gasteiger partial charge in [0.1, 0.15) is 6.54 Å². The first-order chi connectivity index (χ1) is 6.79. The van der Waals surface area contributed by atoms with Crippen LogP contribution in [0.15, 0.2) is 28.8 Å². The van der Waals surface area contributed by atoms with Gasteiger partial charge in [-0.25, -0.2) is 0 Å². The molecule has 1 aromatic carbocycles. The molecule has 4 heteroatoms. The van der Waals surface area contributed by atoms with E-state index in [1.165, 1.54) is 5.56 Å². The number of nitrogens with zero attached hydrogens (tertiary/aromatic N) is 2. The minimum absolute atomic E-state index is 0.551. The van der Waals surface area contributed by atoms with Gasteiger partial charge in [-0.3, -0.25) is 0 Å². The fourth-order valence-electron chi connectivity index (χ4n) is 1.17. The van der Waals surface area contributed by atoms with E-state index >= 15 is 0 Å². The van der Waals surface area contributed by atoms with Crippen LogP contribution in [-0.2, 0) is 6.54 Å². The quantitative estimate of drug-likeness (QED) is 0.761. The van der Waals surface area contributed by atoms with Crippen molar-refractivity contribution in [3.63, 3.8) is 0 Å². The van der Waals surface area contributed by atoms with E-state index in [1.807, 2.05) is 31.2 Å². The number of quaternary nitrogens is 1. The molecule has 0 aliphatic heterocycles. The highest BCUT2D eigenvalue weighted by Crippen LogP contribution is 2.16. The van der Waals surface area contributed by atoms with Gasteiger partial charge in [0.2, 0.25) is 5.82 Å². The van der Waals surface area contributed by atoms with Gasteiger partial charge in [0.25, 0.3) is 5.89 Å². The Labute approximate surface area is 81.7 Å². The summed E-state index contributed by atoms with van der Waals surface area (Å²) < 4.78 is 5.08. The molecule has 0 aliphatic rings. The summed E-state index contributed by atoms with van der Waals surface area (Å²) >= 11 is 0. The fraction of sp³-hybridized carbons (Fsp3) is 0.200. The average molecular weight is 190 g/mol. The van der Waals surface area contributed by atoms with Gasteiger partial charge in [-0.15, -0.1) is 0 Å². The second-order valence-corrected chi connectivity index (χ2v) is 3.13. The molecule has 1 heterocycles. The molecule has 0 atom stereocenters. The van der Waals surface area contributed by atoms with Gasteiger partial charge in [0.15, 0.2) is 0 Å². The van der Waals surface area contributed by atoms with Crippen LogP contribution >= 0.6 is 0 Å². The van der Waals surface area contributed by atoms with Crippen molar-refractivity contribution < 1.29 is 10.3 Å². The summed E-state index contributed by atoms with van der Waals surface area (Å²) in [4.78, 5) is 4.19. The van der Waals surface area contributed by atoms with E-state index in [0.29, 0.717) is 18.3 Å². The molecule has 0 saturated carbocycles. The predicted molar refractivity (Wildman–Crippen MR) is 51.1 cm³/mol. The van der Waals surface area contributed by atoms with E-state index in [4.69, 9.17) is 4.52 Å². The number of hydrogen-bond donors (Lipinski definition) is 1. The van der Waals surface area contributed by atoms with Gasteiger partial charge >= 0.3 is 0 Å². The molecule has 72 valence electrons. The summed E-state index contributed by atoms with van der Waals surface area (Å²) in [6.45, 7) is 2.59. The van der Waals surface area contributed by atoms with Crippen LogP contribution < -0.4 is 5.73 Å². The summed E-state index contributed by atoms with van der Waals surface area (Å²) in [5, 5.41) is 3.78. The van der Waals surface area contributed by atoms with E-state index < -0.39 is 0 Å². The third-order valence-electron chi connectivity index (χ3n) is 1.99. The fourth-order valence-corrected chi connectivity index (χ4v) is 1.17. The summed E-state index contributed by atoms with van der Waals surface area (Å²) in [6.07, 6.45) is 0. The molecule has 0 spiro atoms. The Kier molecular flexibility index (Phi) is 2.28. The highest BCUT2D eigenvalue weighted by molar-refractivity contribution is 5.52. The van der Waals surface area contributed by atoms with Gasteiger partial charge in [-0.2, -0.15) is 4.98 Å². The van der Waals surface area contributed by atoms with Crippen LogP contribution in [0.4, 0.5) is 0 Å². The Hall–Kier alpha value is -1.68. The molecular weight excluding hydrogens is 178 g/mol. The lowest BCUT2D eigenvalue weighted by molar-refractivity contribution is -0.388. The van der Waals surface area contributed by atoms with Gasteiger partial charge in [0, 0.05) is 5.56 Å². The van der Waals surface area contributed by atoms with Crippen LogP contribution in [0.3, 0.4) is 0 Å². The standard InChI is InChI=1S/C10H11N3O/c1-7-2-4-8(5-3-7)10-12-9(6-11)13-14-10/h2-5H,6,11H2,1H3/p+1. The van der Waals surface area contributed by atoms with Crippen molar-refractivity contribution in [2.24, 2.45) is 0 Å². The normalized spacial score (nSPS) is 10.4. The molecule has 2 rings (SSSR count). The largest absolute Gasteiger partial charge is 0.351 e. The van der Waals surface area contributed by atoms with Crippen molar-refractivity contribution in [2.45, 2.75) is 13.5 Å². The third-order valence-corrected chi connectivity index (χ3v) is 1.99. The van der Waals surface area contributed by atoms with Crippen molar-refractivity contribution >= 4 is 0 Å². The van der Waals surface area contributed by atoms with Crippen LogP contribution in [0.25, 0.3) is 11.5 Å². The Morgan fingerprint density at radius 3 is 2.57 bits per heavy atom. The lowest BCUT2D eigenvalue weighted by atomic mass is 10.1. The Morgan fingerprint density at radius 1 is 1.29 bits per heavy atom. The maximum atomic E-state index is 5.08. The molecule has 1 aromatic heterocycles. The van der Waals surface area contributed by atoms with Crippen LogP contribution in [0, 0.1) is 6.92 Å². The minimum Gasteiger partial charge on any atom is -0.351 e. The van der Waals surface area contributed by atoms with Crippen molar-refractivity contribution in [3.05, 3.63) is 35.7 Å². The molecular formula is C10H12N3O+. The van der Waals surface area contributed by atoms with E-state index in [2.05, 4.69) is 15.9 Å². The highest BCUT2D eigenvalue weighted by atomic mass is 16.5. The van der Waals surface area contributed by atoms with Crippen LogP contribution in [0.5, 0.6) is 0 Å². The van der Waals surface area contributed by atoms with Crippen LogP contribution in [0.1, 0.15) is 11.4 Å². The molecule has 4 nitrogen and oxygen atoms in total. The topological polar surface area (TPSA) is 66.6 Å². The molecule has 0 saturated heterocycles. The second kappa shape index (κ2) is 3.59. The predicted octanol–water partition coefficient (Wildman–Crippen LogP) is 0.787. The third kappa shape index (κ3) is 1.65. The molecule has 0 aliphatic carbocycles. The van der Waals surface area contributed by atoms with Crippen LogP contribution in [-0.4, -0.2) is 10.1 Å². The average Bonchev–Trinajstić information content (AvgIpc) is 2.67. The zero-order valence-electron chi connectivity index (χ0n) is 8.03. The number of aryl methyl sites for hydroxylation is 1. The number of aromatic nitrogens is 2. The van der Waals surface area contributed by atoms with E-state index in [1.54, 1.807) is 0 Å². The molecule has 14 heavy (non-hydrogen) atoms. The first-order valence-electron chi connectivity index (χ1n) is 4.48. The number of hydrogen-bond acceptors (Lipinski definition) is 3. The lowest BCUT2D eigenvalue weighted by Crippen LogP contribution is -2.47. The lowest BCUT2D eigenvalue weighted by Gasteiger charge is -1.93. The van der Waals surface area contributed by atoms with Crippen LogP contribution in [0.2, 0.25) is 0 Å². The van der Waals surface area contributed by atoms with Gasteiger partial charge in [-0.1, -0.05) is 22.9 Å². The van der Waals surface area contributed by atoms with E-state index in [0.717, 1.165) is 5.56 Å². The molecule has 0 radical (unpaired) electrons. The van der Waals surface area contributed by atoms with Gasteiger partial charge in [-0.05, 0) is 19.1 Å². The molecule has 3 N–H and O–H groups in total. The van der Waals surface area contributed by atoms with Crippen molar-refractivity contribution in [1.29, 1.82) is 0 Å². The molecule has 2 aromatic rings.